The summed E-state index contributed by atoms with van der Waals surface area (Å²) in [6.07, 6.45) is 2.41. The van der Waals surface area contributed by atoms with Crippen LogP contribution in [0.2, 0.25) is 0 Å². The highest BCUT2D eigenvalue weighted by molar-refractivity contribution is 7.92. The number of carbonyl (C=O) groups is 2. The second-order valence-electron chi connectivity index (χ2n) is 9.24. The van der Waals surface area contributed by atoms with Crippen LogP contribution in [0, 0.1) is 6.92 Å². The number of benzene rings is 3. The van der Waals surface area contributed by atoms with Crippen LogP contribution >= 0.6 is 11.3 Å². The van der Waals surface area contributed by atoms with Gasteiger partial charge in [0.2, 0.25) is 0 Å². The highest BCUT2D eigenvalue weighted by Gasteiger charge is 2.25. The van der Waals surface area contributed by atoms with Gasteiger partial charge in [0.25, 0.3) is 15.9 Å². The van der Waals surface area contributed by atoms with E-state index in [4.69, 9.17) is 4.74 Å². The van der Waals surface area contributed by atoms with Gasteiger partial charge in [0.1, 0.15) is 0 Å². The molecular formula is C30H32N2O5S2. The van der Waals surface area contributed by atoms with Crippen LogP contribution < -0.4 is 9.62 Å². The van der Waals surface area contributed by atoms with Crippen LogP contribution in [0.1, 0.15) is 58.7 Å². The van der Waals surface area contributed by atoms with Crippen molar-refractivity contribution in [3.8, 4) is 0 Å². The lowest BCUT2D eigenvalue weighted by Crippen LogP contribution is -2.31. The van der Waals surface area contributed by atoms with Gasteiger partial charge in [0.05, 0.1) is 27.6 Å². The molecule has 0 saturated carbocycles. The average molecular weight is 565 g/mol. The van der Waals surface area contributed by atoms with Crippen LogP contribution in [0.25, 0.3) is 10.1 Å². The smallest absolute Gasteiger partial charge is 0.338 e. The maximum absolute atomic E-state index is 13.5. The average Bonchev–Trinajstić information content (AvgIpc) is 3.36. The molecule has 0 bridgehead atoms. The van der Waals surface area contributed by atoms with Crippen LogP contribution in [0.5, 0.6) is 0 Å². The first-order valence-corrected chi connectivity index (χ1v) is 15.2. The summed E-state index contributed by atoms with van der Waals surface area (Å²) >= 11 is 1.33. The number of aryl methyl sites for hydroxylation is 1. The normalized spacial score (nSPS) is 11.4. The molecule has 0 atom stereocenters. The van der Waals surface area contributed by atoms with Crippen molar-refractivity contribution in [2.24, 2.45) is 0 Å². The van der Waals surface area contributed by atoms with Crippen molar-refractivity contribution >= 4 is 54.7 Å². The van der Waals surface area contributed by atoms with Crippen LogP contribution in [-0.2, 0) is 14.8 Å². The lowest BCUT2D eigenvalue weighted by atomic mass is 10.2. The molecular weight excluding hydrogens is 532 g/mol. The van der Waals surface area contributed by atoms with Crippen molar-refractivity contribution in [3.05, 3.63) is 88.8 Å². The molecule has 204 valence electrons. The van der Waals surface area contributed by atoms with Crippen molar-refractivity contribution in [1.82, 2.24) is 0 Å². The van der Waals surface area contributed by atoms with Crippen molar-refractivity contribution in [1.29, 1.82) is 0 Å². The van der Waals surface area contributed by atoms with E-state index in [0.29, 0.717) is 41.4 Å². The summed E-state index contributed by atoms with van der Waals surface area (Å²) in [6.45, 7) is 6.60. The van der Waals surface area contributed by atoms with Gasteiger partial charge in [-0.1, -0.05) is 38.0 Å². The number of nitrogens with one attached hydrogen (secondary N) is 1. The van der Waals surface area contributed by atoms with Crippen LogP contribution in [0.15, 0.2) is 77.7 Å². The number of anilines is 2. The molecule has 39 heavy (non-hydrogen) atoms. The zero-order chi connectivity index (χ0) is 28.0. The van der Waals surface area contributed by atoms with Gasteiger partial charge in [-0.3, -0.25) is 9.10 Å². The lowest BCUT2D eigenvalue weighted by molar-refractivity contribution is 0.0499. The third kappa shape index (κ3) is 6.66. The summed E-state index contributed by atoms with van der Waals surface area (Å²) in [5, 5.41) is 3.64. The number of hydrogen-bond donors (Lipinski definition) is 1. The number of esters is 1. The second kappa shape index (κ2) is 12.4. The third-order valence-electron chi connectivity index (χ3n) is 6.16. The summed E-state index contributed by atoms with van der Waals surface area (Å²) in [5.74, 6) is -0.670. The Balaban J connectivity index is 1.52. The largest absolute Gasteiger partial charge is 0.462 e. The van der Waals surface area contributed by atoms with Gasteiger partial charge < -0.3 is 10.1 Å². The van der Waals surface area contributed by atoms with Crippen LogP contribution in [0.4, 0.5) is 11.4 Å². The highest BCUT2D eigenvalue weighted by Crippen LogP contribution is 2.32. The fourth-order valence-corrected chi connectivity index (χ4v) is 6.49. The fourth-order valence-electron chi connectivity index (χ4n) is 4.00. The quantitative estimate of drug-likeness (QED) is 0.156. The predicted molar refractivity (Wildman–Crippen MR) is 157 cm³/mol. The number of sulfonamides is 1. The molecule has 0 aliphatic rings. The van der Waals surface area contributed by atoms with Gasteiger partial charge in [0.15, 0.2) is 0 Å². The number of carbonyl (C=O) groups excluding carboxylic acids is 2. The first-order chi connectivity index (χ1) is 18.7. The SMILES string of the molecule is CCCCOC(=O)c1ccc(NC(=O)c2cc3cc(N(CCC)S(=O)(=O)c4ccc(C)cc4)ccc3s2)cc1. The van der Waals surface area contributed by atoms with Gasteiger partial charge >= 0.3 is 5.97 Å². The molecule has 1 heterocycles. The first kappa shape index (κ1) is 28.3. The maximum atomic E-state index is 13.5. The Bertz CT molecular complexity index is 1560. The minimum Gasteiger partial charge on any atom is -0.462 e. The van der Waals surface area contributed by atoms with Crippen molar-refractivity contribution in [3.63, 3.8) is 0 Å². The summed E-state index contributed by atoms with van der Waals surface area (Å²) in [6, 6.07) is 20.6. The van der Waals surface area contributed by atoms with E-state index < -0.39 is 10.0 Å². The summed E-state index contributed by atoms with van der Waals surface area (Å²) in [7, 11) is -3.74. The summed E-state index contributed by atoms with van der Waals surface area (Å²) < 4.78 is 34.4. The maximum Gasteiger partial charge on any atom is 0.338 e. The molecule has 0 aliphatic heterocycles. The van der Waals surface area contributed by atoms with Gasteiger partial charge in [-0.15, -0.1) is 11.3 Å². The van der Waals surface area contributed by atoms with E-state index in [1.54, 1.807) is 60.7 Å². The molecule has 0 unspecified atom stereocenters. The van der Waals surface area contributed by atoms with E-state index in [2.05, 4.69) is 5.32 Å². The predicted octanol–water partition coefficient (Wildman–Crippen LogP) is 7.02. The van der Waals surface area contributed by atoms with E-state index in [9.17, 15) is 18.0 Å². The van der Waals surface area contributed by atoms with E-state index in [1.165, 1.54) is 15.6 Å². The van der Waals surface area contributed by atoms with E-state index >= 15 is 0 Å². The molecule has 0 fully saturated rings. The van der Waals surface area contributed by atoms with Gasteiger partial charge in [0, 0.05) is 16.9 Å². The molecule has 1 N–H and O–H groups in total. The van der Waals surface area contributed by atoms with E-state index in [-0.39, 0.29) is 16.8 Å². The molecule has 4 rings (SSSR count). The lowest BCUT2D eigenvalue weighted by Gasteiger charge is -2.24. The Labute approximate surface area is 233 Å². The summed E-state index contributed by atoms with van der Waals surface area (Å²) in [5.41, 5.74) is 2.52. The van der Waals surface area contributed by atoms with Gasteiger partial charge in [-0.05, 0) is 85.8 Å². The molecule has 1 aromatic heterocycles. The zero-order valence-electron chi connectivity index (χ0n) is 22.3. The minimum atomic E-state index is -3.74. The Morgan fingerprint density at radius 2 is 1.64 bits per heavy atom. The minimum absolute atomic E-state index is 0.243. The Morgan fingerprint density at radius 3 is 2.31 bits per heavy atom. The monoisotopic (exact) mass is 564 g/mol. The molecule has 9 heteroatoms. The molecule has 7 nitrogen and oxygen atoms in total. The highest BCUT2D eigenvalue weighted by atomic mass is 32.2. The van der Waals surface area contributed by atoms with Crippen LogP contribution in [0.3, 0.4) is 0 Å². The van der Waals surface area contributed by atoms with Crippen molar-refractivity contribution in [2.75, 3.05) is 22.8 Å². The Morgan fingerprint density at radius 1 is 0.923 bits per heavy atom. The van der Waals surface area contributed by atoms with E-state index in [1.807, 2.05) is 32.9 Å². The number of unbranched alkanes of at least 4 members (excludes halogenated alkanes) is 1. The third-order valence-corrected chi connectivity index (χ3v) is 9.11. The topological polar surface area (TPSA) is 92.8 Å². The van der Waals surface area contributed by atoms with E-state index in [0.717, 1.165) is 28.5 Å². The number of hydrogen-bond acceptors (Lipinski definition) is 6. The van der Waals surface area contributed by atoms with Crippen LogP contribution in [-0.4, -0.2) is 33.4 Å². The molecule has 0 radical (unpaired) electrons. The summed E-state index contributed by atoms with van der Waals surface area (Å²) in [4.78, 5) is 25.8. The second-order valence-corrected chi connectivity index (χ2v) is 12.2. The Kier molecular flexibility index (Phi) is 9.04. The number of thiophene rings is 1. The molecule has 4 aromatic rings. The molecule has 0 spiro atoms. The fraction of sp³-hybridized carbons (Fsp3) is 0.267. The molecule has 0 saturated heterocycles. The standard InChI is InChI=1S/C30H32N2O5S2/c1-4-6-18-37-30(34)22-9-11-24(12-10-22)31-29(33)28-20-23-19-25(13-16-27(23)38-28)32(17-5-2)39(35,36)26-14-7-21(3)8-15-26/h7-16,19-20H,4-6,17-18H2,1-3H3,(H,31,33). The molecule has 3 aromatic carbocycles. The van der Waals surface area contributed by atoms with Gasteiger partial charge in [-0.25, -0.2) is 13.2 Å². The number of nitrogens with zero attached hydrogens (tertiary/aromatic N) is 1. The molecule has 1 amide bonds. The Hall–Kier alpha value is -3.69. The van der Waals surface area contributed by atoms with Crippen molar-refractivity contribution in [2.45, 2.75) is 44.9 Å². The van der Waals surface area contributed by atoms with Crippen molar-refractivity contribution < 1.29 is 22.7 Å². The first-order valence-electron chi connectivity index (χ1n) is 12.9. The number of ether oxygens (including phenoxy) is 1. The van der Waals surface area contributed by atoms with Gasteiger partial charge in [-0.2, -0.15) is 0 Å². The number of amides is 1. The zero-order valence-corrected chi connectivity index (χ0v) is 23.9. The molecule has 0 aliphatic carbocycles. The number of rotatable bonds is 11. The number of fused-ring (bicyclic) bond motifs is 1.